The number of rotatable bonds is 4. The molecule has 2 saturated heterocycles. The molecule has 0 N–H and O–H groups in total. The fraction of sp³-hybridized carbons (Fsp3) is 0.455. The number of sulfonamides is 1. The standard InChI is InChI=1S/C22H26ClFN4O3S/c23-18-2-7-21(25-16-18)26-12-8-17(9-13-26)22(29)27-10-1-11-28(15-14-27)32(30,31)20-5-3-19(24)4-6-20/h2-7,16-17H,1,8-15H2. The molecule has 2 fully saturated rings. The van der Waals surface area contributed by atoms with Crippen molar-refractivity contribution in [2.45, 2.75) is 24.2 Å². The van der Waals surface area contributed by atoms with Gasteiger partial charge < -0.3 is 9.80 Å². The molecule has 0 unspecified atom stereocenters. The number of hydrogen-bond acceptors (Lipinski definition) is 5. The zero-order chi connectivity index (χ0) is 22.7. The molecule has 0 bridgehead atoms. The van der Waals surface area contributed by atoms with Gasteiger partial charge >= 0.3 is 0 Å². The smallest absolute Gasteiger partial charge is 0.243 e. The Bertz CT molecular complexity index is 1040. The fourth-order valence-electron chi connectivity index (χ4n) is 4.28. The molecule has 4 rings (SSSR count). The number of pyridine rings is 1. The maximum absolute atomic E-state index is 13.2. The lowest BCUT2D eigenvalue weighted by molar-refractivity contribution is -0.136. The maximum Gasteiger partial charge on any atom is 0.243 e. The van der Waals surface area contributed by atoms with Gasteiger partial charge in [0.2, 0.25) is 15.9 Å². The van der Waals surface area contributed by atoms with E-state index in [4.69, 9.17) is 11.6 Å². The van der Waals surface area contributed by atoms with Crippen molar-refractivity contribution in [2.75, 3.05) is 44.2 Å². The van der Waals surface area contributed by atoms with E-state index in [1.165, 1.54) is 16.4 Å². The number of benzene rings is 1. The first kappa shape index (κ1) is 22.9. The minimum Gasteiger partial charge on any atom is -0.357 e. The first-order valence-electron chi connectivity index (χ1n) is 10.8. The monoisotopic (exact) mass is 480 g/mol. The average molecular weight is 481 g/mol. The van der Waals surface area contributed by atoms with Gasteiger partial charge in [-0.25, -0.2) is 17.8 Å². The van der Waals surface area contributed by atoms with E-state index in [1.807, 2.05) is 12.1 Å². The Kier molecular flexibility index (Phi) is 6.97. The van der Waals surface area contributed by atoms with Gasteiger partial charge in [-0.3, -0.25) is 4.79 Å². The number of nitrogens with zero attached hydrogens (tertiary/aromatic N) is 4. The Morgan fingerprint density at radius 1 is 0.969 bits per heavy atom. The molecule has 2 aromatic rings. The third kappa shape index (κ3) is 5.05. The van der Waals surface area contributed by atoms with Crippen LogP contribution in [0.15, 0.2) is 47.5 Å². The Balaban J connectivity index is 1.34. The average Bonchev–Trinajstić information content (AvgIpc) is 3.06. The third-order valence-corrected chi connectivity index (χ3v) is 8.23. The molecule has 3 heterocycles. The molecule has 0 aliphatic carbocycles. The summed E-state index contributed by atoms with van der Waals surface area (Å²) in [4.78, 5) is 21.5. The first-order chi connectivity index (χ1) is 15.3. The van der Waals surface area contributed by atoms with Gasteiger partial charge in [-0.2, -0.15) is 4.31 Å². The van der Waals surface area contributed by atoms with Crippen molar-refractivity contribution in [2.24, 2.45) is 5.92 Å². The summed E-state index contributed by atoms with van der Waals surface area (Å²) in [7, 11) is -3.71. The topological polar surface area (TPSA) is 73.8 Å². The van der Waals surface area contributed by atoms with E-state index in [0.717, 1.165) is 43.9 Å². The van der Waals surface area contributed by atoms with Crippen LogP contribution in [0.1, 0.15) is 19.3 Å². The summed E-state index contributed by atoms with van der Waals surface area (Å²) in [5.74, 6) is 0.403. The van der Waals surface area contributed by atoms with Crippen LogP contribution in [0, 0.1) is 11.7 Å². The Hall–Kier alpha value is -2.23. The number of piperidine rings is 1. The number of carbonyl (C=O) groups excluding carboxylic acids is 1. The molecule has 0 saturated carbocycles. The molecule has 1 aromatic heterocycles. The van der Waals surface area contributed by atoms with Crippen molar-refractivity contribution >= 4 is 33.3 Å². The number of hydrogen-bond donors (Lipinski definition) is 0. The largest absolute Gasteiger partial charge is 0.357 e. The molecule has 10 heteroatoms. The lowest BCUT2D eigenvalue weighted by Gasteiger charge is -2.34. The second kappa shape index (κ2) is 9.72. The highest BCUT2D eigenvalue weighted by atomic mass is 35.5. The summed E-state index contributed by atoms with van der Waals surface area (Å²) in [6.07, 6.45) is 3.66. The normalized spacial score (nSPS) is 19.1. The predicted octanol–water partition coefficient (Wildman–Crippen LogP) is 3.01. The van der Waals surface area contributed by atoms with Crippen LogP contribution >= 0.6 is 11.6 Å². The predicted molar refractivity (Wildman–Crippen MR) is 121 cm³/mol. The Labute approximate surface area is 192 Å². The van der Waals surface area contributed by atoms with Gasteiger partial charge in [0.15, 0.2) is 0 Å². The summed E-state index contributed by atoms with van der Waals surface area (Å²) in [5, 5.41) is 0.593. The van der Waals surface area contributed by atoms with Crippen LogP contribution in [0.2, 0.25) is 5.02 Å². The molecule has 0 atom stereocenters. The Morgan fingerprint density at radius 2 is 1.69 bits per heavy atom. The molecular weight excluding hydrogens is 455 g/mol. The summed E-state index contributed by atoms with van der Waals surface area (Å²) in [6.45, 7) is 2.95. The number of aromatic nitrogens is 1. The molecule has 172 valence electrons. The van der Waals surface area contributed by atoms with Crippen molar-refractivity contribution in [1.82, 2.24) is 14.2 Å². The van der Waals surface area contributed by atoms with Crippen molar-refractivity contribution in [3.8, 4) is 0 Å². The van der Waals surface area contributed by atoms with Crippen LogP contribution in [0.5, 0.6) is 0 Å². The molecule has 0 radical (unpaired) electrons. The van der Waals surface area contributed by atoms with Crippen molar-refractivity contribution in [1.29, 1.82) is 0 Å². The highest BCUT2D eigenvalue weighted by Crippen LogP contribution is 2.25. The van der Waals surface area contributed by atoms with E-state index in [0.29, 0.717) is 31.1 Å². The lowest BCUT2D eigenvalue weighted by Crippen LogP contribution is -2.44. The van der Waals surface area contributed by atoms with Crippen molar-refractivity contribution < 1.29 is 17.6 Å². The van der Waals surface area contributed by atoms with Gasteiger partial charge in [0.1, 0.15) is 11.6 Å². The van der Waals surface area contributed by atoms with Gasteiger partial charge in [-0.15, -0.1) is 0 Å². The number of halogens is 2. The quantitative estimate of drug-likeness (QED) is 0.672. The molecule has 1 amide bonds. The SMILES string of the molecule is O=C(C1CCN(c2ccc(Cl)cn2)CC1)N1CCCN(S(=O)(=O)c2ccc(F)cc2)CC1. The van der Waals surface area contributed by atoms with Gasteiger partial charge in [0.05, 0.1) is 9.92 Å². The number of amides is 1. The summed E-state index contributed by atoms with van der Waals surface area (Å²) in [6, 6.07) is 8.54. The number of anilines is 1. The molecule has 1 aromatic carbocycles. The zero-order valence-electron chi connectivity index (χ0n) is 17.7. The van der Waals surface area contributed by atoms with Crippen LogP contribution in [-0.2, 0) is 14.8 Å². The fourth-order valence-corrected chi connectivity index (χ4v) is 5.86. The maximum atomic E-state index is 13.2. The van der Waals surface area contributed by atoms with E-state index >= 15 is 0 Å². The molecule has 7 nitrogen and oxygen atoms in total. The van der Waals surface area contributed by atoms with Crippen LogP contribution in [0.25, 0.3) is 0 Å². The summed E-state index contributed by atoms with van der Waals surface area (Å²) < 4.78 is 40.4. The highest BCUT2D eigenvalue weighted by Gasteiger charge is 2.32. The first-order valence-corrected chi connectivity index (χ1v) is 12.6. The molecule has 2 aliphatic rings. The minimum atomic E-state index is -3.71. The van der Waals surface area contributed by atoms with Crippen molar-refractivity contribution in [3.05, 3.63) is 53.4 Å². The summed E-state index contributed by atoms with van der Waals surface area (Å²) >= 11 is 5.91. The number of carbonyl (C=O) groups is 1. The van der Waals surface area contributed by atoms with E-state index in [-0.39, 0.29) is 23.3 Å². The van der Waals surface area contributed by atoms with Gasteiger partial charge in [0.25, 0.3) is 0 Å². The third-order valence-electron chi connectivity index (χ3n) is 6.10. The zero-order valence-corrected chi connectivity index (χ0v) is 19.2. The van der Waals surface area contributed by atoms with Crippen LogP contribution in [0.4, 0.5) is 10.2 Å². The molecule has 2 aliphatic heterocycles. The van der Waals surface area contributed by atoms with Gasteiger partial charge in [-0.05, 0) is 55.7 Å². The van der Waals surface area contributed by atoms with Gasteiger partial charge in [-0.1, -0.05) is 11.6 Å². The minimum absolute atomic E-state index is 0.0706. The molecule has 0 spiro atoms. The molecule has 32 heavy (non-hydrogen) atoms. The van der Waals surface area contributed by atoms with E-state index < -0.39 is 15.8 Å². The van der Waals surface area contributed by atoms with E-state index in [1.54, 1.807) is 11.1 Å². The van der Waals surface area contributed by atoms with Gasteiger partial charge in [0, 0.05) is 51.4 Å². The molecular formula is C22H26ClFN4O3S. The lowest BCUT2D eigenvalue weighted by atomic mass is 9.95. The second-order valence-corrected chi connectivity index (χ2v) is 10.5. The second-order valence-electron chi connectivity index (χ2n) is 8.13. The van der Waals surface area contributed by atoms with Crippen LogP contribution in [-0.4, -0.2) is 67.8 Å². The van der Waals surface area contributed by atoms with Crippen molar-refractivity contribution in [3.63, 3.8) is 0 Å². The summed E-state index contributed by atoms with van der Waals surface area (Å²) in [5.41, 5.74) is 0. The highest BCUT2D eigenvalue weighted by molar-refractivity contribution is 7.89. The van der Waals surface area contributed by atoms with E-state index in [9.17, 15) is 17.6 Å². The Morgan fingerprint density at radius 3 is 2.34 bits per heavy atom. The van der Waals surface area contributed by atoms with Crippen LogP contribution < -0.4 is 4.90 Å². The van der Waals surface area contributed by atoms with E-state index in [2.05, 4.69) is 9.88 Å². The van der Waals surface area contributed by atoms with Crippen LogP contribution in [0.3, 0.4) is 0 Å².